The highest BCUT2D eigenvalue weighted by Crippen LogP contribution is 2.39. The smallest absolute Gasteiger partial charge is 0.243 e. The van der Waals surface area contributed by atoms with Crippen LogP contribution in [0.2, 0.25) is 0 Å². The lowest BCUT2D eigenvalue weighted by Crippen LogP contribution is -2.47. The monoisotopic (exact) mass is 309 g/mol. The van der Waals surface area contributed by atoms with Crippen LogP contribution in [0, 0.1) is 24.7 Å². The third-order valence-electron chi connectivity index (χ3n) is 4.84. The number of sulfonamides is 1. The van der Waals surface area contributed by atoms with Gasteiger partial charge >= 0.3 is 0 Å². The number of aliphatic hydroxyl groups is 1. The Morgan fingerprint density at radius 2 is 1.67 bits per heavy atom. The highest BCUT2D eigenvalue weighted by molar-refractivity contribution is 7.89. The van der Waals surface area contributed by atoms with E-state index in [9.17, 15) is 13.5 Å². The molecule has 21 heavy (non-hydrogen) atoms. The molecule has 1 saturated heterocycles. The van der Waals surface area contributed by atoms with Crippen LogP contribution in [0.4, 0.5) is 0 Å². The van der Waals surface area contributed by atoms with Crippen molar-refractivity contribution in [2.24, 2.45) is 17.8 Å². The molecule has 1 aliphatic heterocycles. The number of hydrogen-bond acceptors (Lipinski definition) is 3. The Morgan fingerprint density at radius 3 is 2.19 bits per heavy atom. The Hall–Kier alpha value is -0.910. The zero-order valence-corrected chi connectivity index (χ0v) is 13.2. The maximum Gasteiger partial charge on any atom is 0.243 e. The molecule has 1 heterocycles. The van der Waals surface area contributed by atoms with E-state index in [2.05, 4.69) is 0 Å². The summed E-state index contributed by atoms with van der Waals surface area (Å²) < 4.78 is 27.2. The molecule has 4 nitrogen and oxygen atoms in total. The highest BCUT2D eigenvalue weighted by Gasteiger charge is 2.39. The fraction of sp³-hybridized carbons (Fsp3) is 0.625. The van der Waals surface area contributed by atoms with Crippen molar-refractivity contribution in [3.8, 4) is 0 Å². The summed E-state index contributed by atoms with van der Waals surface area (Å²) in [4.78, 5) is 0.395. The van der Waals surface area contributed by atoms with Gasteiger partial charge in [0.15, 0.2) is 0 Å². The van der Waals surface area contributed by atoms with Gasteiger partial charge in [-0.25, -0.2) is 8.42 Å². The number of fused-ring (bicyclic) bond motifs is 2. The van der Waals surface area contributed by atoms with Crippen molar-refractivity contribution in [3.05, 3.63) is 29.8 Å². The average molecular weight is 309 g/mol. The lowest BCUT2D eigenvalue weighted by atomic mass is 9.73. The van der Waals surface area contributed by atoms with Crippen molar-refractivity contribution in [3.63, 3.8) is 0 Å². The van der Waals surface area contributed by atoms with Gasteiger partial charge < -0.3 is 5.11 Å². The number of benzene rings is 1. The minimum Gasteiger partial charge on any atom is -0.396 e. The first kappa shape index (κ1) is 15.0. The summed E-state index contributed by atoms with van der Waals surface area (Å²) in [6.07, 6.45) is 3.01. The van der Waals surface area contributed by atoms with Crippen molar-refractivity contribution in [2.75, 3.05) is 19.7 Å². The molecule has 2 fully saturated rings. The molecular formula is C16H23NO3S. The van der Waals surface area contributed by atoms with Crippen LogP contribution in [0.15, 0.2) is 29.2 Å². The Morgan fingerprint density at radius 1 is 1.10 bits per heavy atom. The van der Waals surface area contributed by atoms with Gasteiger partial charge in [-0.1, -0.05) is 17.7 Å². The molecule has 3 rings (SSSR count). The molecule has 0 spiro atoms. The molecule has 1 aromatic carbocycles. The Kier molecular flexibility index (Phi) is 4.08. The van der Waals surface area contributed by atoms with Crippen molar-refractivity contribution < 1.29 is 13.5 Å². The second-order valence-corrected chi connectivity index (χ2v) is 8.56. The standard InChI is InChI=1S/C16H23NO3S/c1-12-2-4-16(5-3-12)21(19,20)17-9-13-6-14(10-17)8-15(7-13)11-18/h2-5,13-15,18H,6-11H2,1H3/t13-,14+,15?. The van der Waals surface area contributed by atoms with Gasteiger partial charge in [-0.15, -0.1) is 0 Å². The second-order valence-electron chi connectivity index (χ2n) is 6.62. The van der Waals surface area contributed by atoms with Crippen LogP contribution in [0.1, 0.15) is 24.8 Å². The van der Waals surface area contributed by atoms with Crippen LogP contribution in [0.5, 0.6) is 0 Å². The van der Waals surface area contributed by atoms with Gasteiger partial charge in [-0.05, 0) is 56.1 Å². The molecule has 2 bridgehead atoms. The van der Waals surface area contributed by atoms with Crippen molar-refractivity contribution in [1.29, 1.82) is 0 Å². The number of rotatable bonds is 3. The first-order valence-corrected chi connectivity index (χ1v) is 9.10. The average Bonchev–Trinajstić information content (AvgIpc) is 2.46. The van der Waals surface area contributed by atoms with E-state index in [1.54, 1.807) is 16.4 Å². The molecule has 1 aliphatic carbocycles. The maximum absolute atomic E-state index is 12.8. The molecule has 0 radical (unpaired) electrons. The molecule has 1 saturated carbocycles. The van der Waals surface area contributed by atoms with Gasteiger partial charge in [-0.3, -0.25) is 0 Å². The number of piperidine rings is 1. The minimum absolute atomic E-state index is 0.234. The summed E-state index contributed by atoms with van der Waals surface area (Å²) in [6, 6.07) is 7.09. The molecule has 1 unspecified atom stereocenters. The summed E-state index contributed by atoms with van der Waals surface area (Å²) in [6.45, 7) is 3.39. The molecule has 5 heteroatoms. The predicted molar refractivity (Wildman–Crippen MR) is 81.3 cm³/mol. The summed E-state index contributed by atoms with van der Waals surface area (Å²) in [7, 11) is -3.37. The second kappa shape index (κ2) is 5.71. The fourth-order valence-corrected chi connectivity index (χ4v) is 5.45. The van der Waals surface area contributed by atoms with E-state index in [-0.39, 0.29) is 6.61 Å². The normalized spacial score (nSPS) is 30.3. The van der Waals surface area contributed by atoms with Gasteiger partial charge in [0.1, 0.15) is 0 Å². The topological polar surface area (TPSA) is 57.6 Å². The van der Waals surface area contributed by atoms with Crippen LogP contribution in [0.25, 0.3) is 0 Å². The van der Waals surface area contributed by atoms with Crippen molar-refractivity contribution >= 4 is 10.0 Å². The van der Waals surface area contributed by atoms with E-state index in [1.807, 2.05) is 19.1 Å². The largest absolute Gasteiger partial charge is 0.396 e. The number of hydrogen-bond donors (Lipinski definition) is 1. The van der Waals surface area contributed by atoms with E-state index in [0.717, 1.165) is 24.8 Å². The lowest BCUT2D eigenvalue weighted by Gasteiger charge is -2.43. The van der Waals surface area contributed by atoms with Crippen LogP contribution < -0.4 is 0 Å². The molecule has 1 aromatic rings. The SMILES string of the molecule is Cc1ccc(S(=O)(=O)N2C[C@@H]3CC(CO)C[C@@H](C3)C2)cc1. The van der Waals surface area contributed by atoms with Gasteiger partial charge in [-0.2, -0.15) is 4.31 Å². The zero-order valence-electron chi connectivity index (χ0n) is 12.4. The van der Waals surface area contributed by atoms with Crippen LogP contribution in [0.3, 0.4) is 0 Å². The number of aliphatic hydroxyl groups excluding tert-OH is 1. The van der Waals surface area contributed by atoms with E-state index >= 15 is 0 Å². The summed E-state index contributed by atoms with van der Waals surface area (Å²) >= 11 is 0. The quantitative estimate of drug-likeness (QED) is 0.929. The van der Waals surface area contributed by atoms with Crippen LogP contribution in [-0.4, -0.2) is 37.5 Å². The van der Waals surface area contributed by atoms with Crippen molar-refractivity contribution in [1.82, 2.24) is 4.31 Å². The molecule has 0 aromatic heterocycles. The molecule has 3 atom stereocenters. The maximum atomic E-state index is 12.8. The zero-order chi connectivity index (χ0) is 15.0. The Bertz CT molecular complexity index is 582. The van der Waals surface area contributed by atoms with Gasteiger partial charge in [0, 0.05) is 19.7 Å². The van der Waals surface area contributed by atoms with Crippen LogP contribution in [-0.2, 0) is 10.0 Å². The highest BCUT2D eigenvalue weighted by atomic mass is 32.2. The lowest BCUT2D eigenvalue weighted by molar-refractivity contribution is 0.0726. The first-order chi connectivity index (χ1) is 9.99. The van der Waals surface area contributed by atoms with Gasteiger partial charge in [0.2, 0.25) is 10.0 Å². The van der Waals surface area contributed by atoms with Crippen molar-refractivity contribution in [2.45, 2.75) is 31.1 Å². The third kappa shape index (κ3) is 3.00. The summed E-state index contributed by atoms with van der Waals surface area (Å²) in [5, 5.41) is 9.34. The number of aryl methyl sites for hydroxylation is 1. The molecule has 1 N–H and O–H groups in total. The Balaban J connectivity index is 1.80. The molecule has 0 amide bonds. The van der Waals surface area contributed by atoms with E-state index in [1.165, 1.54) is 0 Å². The fourth-order valence-electron chi connectivity index (χ4n) is 3.86. The minimum atomic E-state index is -3.37. The molecule has 116 valence electrons. The number of nitrogens with zero attached hydrogens (tertiary/aromatic N) is 1. The predicted octanol–water partition coefficient (Wildman–Crippen LogP) is 2.02. The first-order valence-electron chi connectivity index (χ1n) is 7.66. The van der Waals surface area contributed by atoms with Gasteiger partial charge in [0.25, 0.3) is 0 Å². The van der Waals surface area contributed by atoms with Gasteiger partial charge in [0.05, 0.1) is 4.90 Å². The van der Waals surface area contributed by atoms with E-state index in [0.29, 0.717) is 35.7 Å². The van der Waals surface area contributed by atoms with Crippen LogP contribution >= 0.6 is 0 Å². The summed E-state index contributed by atoms with van der Waals surface area (Å²) in [5.41, 5.74) is 1.07. The Labute approximate surface area is 126 Å². The summed E-state index contributed by atoms with van der Waals surface area (Å²) in [5.74, 6) is 1.16. The van der Waals surface area contributed by atoms with E-state index < -0.39 is 10.0 Å². The third-order valence-corrected chi connectivity index (χ3v) is 6.69. The molecule has 2 aliphatic rings. The van der Waals surface area contributed by atoms with E-state index in [4.69, 9.17) is 0 Å². The molecular weight excluding hydrogens is 286 g/mol.